The van der Waals surface area contributed by atoms with Crippen LogP contribution in [0.25, 0.3) is 0 Å². The Morgan fingerprint density at radius 2 is 1.67 bits per heavy atom. The molecule has 0 aliphatic carbocycles. The quantitative estimate of drug-likeness (QED) is 0.637. The first-order valence-electron chi connectivity index (χ1n) is 10.1. The average molecular weight is 378 g/mol. The van der Waals surface area contributed by atoms with Crippen LogP contribution in [0, 0.1) is 0 Å². The topological polar surface area (TPSA) is 63.2 Å². The molecule has 0 radical (unpaired) electrons. The Morgan fingerprint density at radius 3 is 2.26 bits per heavy atom. The molecule has 2 atom stereocenters. The van der Waals surface area contributed by atoms with E-state index in [2.05, 4.69) is 0 Å². The highest BCUT2D eigenvalue weighted by molar-refractivity contribution is 5.69. The zero-order chi connectivity index (χ0) is 18.9. The Labute approximate surface area is 161 Å². The van der Waals surface area contributed by atoms with E-state index in [4.69, 9.17) is 23.7 Å². The number of esters is 1. The highest BCUT2D eigenvalue weighted by Gasteiger charge is 2.21. The lowest BCUT2D eigenvalue weighted by Crippen LogP contribution is -2.27. The van der Waals surface area contributed by atoms with Gasteiger partial charge in [0, 0.05) is 19.3 Å². The minimum Gasteiger partial charge on any atom is -0.466 e. The van der Waals surface area contributed by atoms with Gasteiger partial charge in [0.15, 0.2) is 24.1 Å². The molecule has 2 unspecified atom stereocenters. The average Bonchev–Trinajstić information content (AvgIpc) is 2.70. The van der Waals surface area contributed by atoms with E-state index in [9.17, 15) is 4.79 Å². The second kappa shape index (κ2) is 10.5. The number of hydrogen-bond donors (Lipinski definition) is 0. The van der Waals surface area contributed by atoms with Gasteiger partial charge >= 0.3 is 5.97 Å². The highest BCUT2D eigenvalue weighted by Crippen LogP contribution is 2.33. The number of benzene rings is 1. The molecule has 2 fully saturated rings. The van der Waals surface area contributed by atoms with Crippen LogP contribution in [0.5, 0.6) is 11.5 Å². The Bertz CT molecular complexity index is 590. The van der Waals surface area contributed by atoms with E-state index in [1.807, 2.05) is 25.1 Å². The van der Waals surface area contributed by atoms with Gasteiger partial charge in [-0.3, -0.25) is 4.79 Å². The molecule has 0 amide bonds. The van der Waals surface area contributed by atoms with Gasteiger partial charge in [0.1, 0.15) is 0 Å². The lowest BCUT2D eigenvalue weighted by atomic mass is 10.1. The van der Waals surface area contributed by atoms with Crippen LogP contribution in [0.15, 0.2) is 18.2 Å². The fourth-order valence-electron chi connectivity index (χ4n) is 3.27. The summed E-state index contributed by atoms with van der Waals surface area (Å²) in [5, 5.41) is 0. The van der Waals surface area contributed by atoms with Gasteiger partial charge in [0.25, 0.3) is 0 Å². The first-order chi connectivity index (χ1) is 13.2. The summed E-state index contributed by atoms with van der Waals surface area (Å²) in [5.74, 6) is 1.12. The van der Waals surface area contributed by atoms with Gasteiger partial charge in [-0.1, -0.05) is 6.07 Å². The summed E-state index contributed by atoms with van der Waals surface area (Å²) in [4.78, 5) is 11.6. The van der Waals surface area contributed by atoms with Gasteiger partial charge in [-0.25, -0.2) is 0 Å². The van der Waals surface area contributed by atoms with Crippen LogP contribution in [-0.4, -0.2) is 38.4 Å². The third-order valence-electron chi connectivity index (χ3n) is 4.72. The fourth-order valence-corrected chi connectivity index (χ4v) is 3.27. The number of hydrogen-bond acceptors (Lipinski definition) is 6. The van der Waals surface area contributed by atoms with E-state index in [-0.39, 0.29) is 18.5 Å². The number of aryl methyl sites for hydroxylation is 1. The lowest BCUT2D eigenvalue weighted by Gasteiger charge is -2.27. The predicted octanol–water partition coefficient (Wildman–Crippen LogP) is 3.99. The molecule has 0 saturated carbocycles. The van der Waals surface area contributed by atoms with Crippen LogP contribution in [0.4, 0.5) is 0 Å². The molecule has 0 N–H and O–H groups in total. The van der Waals surface area contributed by atoms with Crippen LogP contribution in [-0.2, 0) is 25.4 Å². The maximum atomic E-state index is 11.6. The maximum absolute atomic E-state index is 11.6. The second-order valence-corrected chi connectivity index (χ2v) is 6.91. The molecule has 3 rings (SSSR count). The van der Waals surface area contributed by atoms with Gasteiger partial charge in [0.05, 0.1) is 19.8 Å². The molecule has 2 saturated heterocycles. The molecule has 0 aromatic heterocycles. The van der Waals surface area contributed by atoms with Gasteiger partial charge in [-0.2, -0.15) is 0 Å². The molecule has 0 spiro atoms. The first-order valence-corrected chi connectivity index (χ1v) is 10.1. The summed E-state index contributed by atoms with van der Waals surface area (Å²) < 4.78 is 28.6. The van der Waals surface area contributed by atoms with Gasteiger partial charge in [0.2, 0.25) is 0 Å². The van der Waals surface area contributed by atoms with Crippen molar-refractivity contribution in [3.8, 4) is 11.5 Å². The molecule has 0 bridgehead atoms. The van der Waals surface area contributed by atoms with Gasteiger partial charge in [-0.15, -0.1) is 0 Å². The molecule has 27 heavy (non-hydrogen) atoms. The van der Waals surface area contributed by atoms with Crippen LogP contribution < -0.4 is 9.47 Å². The van der Waals surface area contributed by atoms with Crippen LogP contribution in [0.2, 0.25) is 0 Å². The van der Waals surface area contributed by atoms with E-state index in [0.29, 0.717) is 30.9 Å². The molecule has 2 aliphatic heterocycles. The van der Waals surface area contributed by atoms with Crippen molar-refractivity contribution in [2.45, 2.75) is 70.9 Å². The molecule has 2 heterocycles. The largest absolute Gasteiger partial charge is 0.466 e. The summed E-state index contributed by atoms with van der Waals surface area (Å²) in [6.07, 6.45) is 6.54. The molecule has 1 aromatic carbocycles. The van der Waals surface area contributed by atoms with Gasteiger partial charge in [-0.05, 0) is 56.7 Å². The Kier molecular flexibility index (Phi) is 7.78. The lowest BCUT2D eigenvalue weighted by molar-refractivity contribution is -0.143. The number of rotatable bonds is 8. The van der Waals surface area contributed by atoms with Crippen molar-refractivity contribution in [3.63, 3.8) is 0 Å². The number of carbonyl (C=O) groups excluding carboxylic acids is 1. The monoisotopic (exact) mass is 378 g/mol. The van der Waals surface area contributed by atoms with Crippen molar-refractivity contribution < 1.29 is 28.5 Å². The van der Waals surface area contributed by atoms with Crippen molar-refractivity contribution in [2.75, 3.05) is 19.8 Å². The summed E-state index contributed by atoms with van der Waals surface area (Å²) in [6.45, 7) is 3.66. The number of ether oxygens (including phenoxy) is 5. The molecule has 6 heteroatoms. The van der Waals surface area contributed by atoms with Crippen molar-refractivity contribution >= 4 is 5.97 Å². The first kappa shape index (κ1) is 20.0. The summed E-state index contributed by atoms with van der Waals surface area (Å²) >= 11 is 0. The summed E-state index contributed by atoms with van der Waals surface area (Å²) in [6, 6.07) is 5.80. The summed E-state index contributed by atoms with van der Waals surface area (Å²) in [5.41, 5.74) is 1.01. The summed E-state index contributed by atoms with van der Waals surface area (Å²) in [7, 11) is 0. The van der Waals surface area contributed by atoms with Crippen molar-refractivity contribution in [1.82, 2.24) is 0 Å². The van der Waals surface area contributed by atoms with E-state index in [1.165, 1.54) is 0 Å². The van der Waals surface area contributed by atoms with Crippen LogP contribution >= 0.6 is 0 Å². The second-order valence-electron chi connectivity index (χ2n) is 6.91. The van der Waals surface area contributed by atoms with E-state index < -0.39 is 0 Å². The SMILES string of the molecule is CCOC(=O)CCc1ccc(OC2CCCCO2)c(OC2CCCCO2)c1. The van der Waals surface area contributed by atoms with Crippen molar-refractivity contribution in [1.29, 1.82) is 0 Å². The van der Waals surface area contributed by atoms with Crippen LogP contribution in [0.3, 0.4) is 0 Å². The van der Waals surface area contributed by atoms with Crippen molar-refractivity contribution in [3.05, 3.63) is 23.8 Å². The minimum absolute atomic E-state index is 0.188. The molecular weight excluding hydrogens is 348 g/mol. The molecule has 2 aliphatic rings. The standard InChI is InChI=1S/C21H30O6/c1-2-23-19(22)12-10-16-9-11-17(26-20-7-3-5-13-24-20)18(15-16)27-21-8-4-6-14-25-21/h9,11,15,20-21H,2-8,10,12-14H2,1H3. The van der Waals surface area contributed by atoms with E-state index >= 15 is 0 Å². The van der Waals surface area contributed by atoms with E-state index in [1.54, 1.807) is 0 Å². The smallest absolute Gasteiger partial charge is 0.306 e. The Hall–Kier alpha value is -1.79. The molecule has 150 valence electrons. The number of carbonyl (C=O) groups is 1. The van der Waals surface area contributed by atoms with Crippen LogP contribution in [0.1, 0.15) is 57.4 Å². The normalized spacial score (nSPS) is 22.9. The molecule has 6 nitrogen and oxygen atoms in total. The zero-order valence-corrected chi connectivity index (χ0v) is 16.1. The third-order valence-corrected chi connectivity index (χ3v) is 4.72. The Morgan fingerprint density at radius 1 is 1.00 bits per heavy atom. The van der Waals surface area contributed by atoms with Crippen molar-refractivity contribution in [2.24, 2.45) is 0 Å². The minimum atomic E-state index is -0.256. The molecular formula is C21H30O6. The van der Waals surface area contributed by atoms with E-state index in [0.717, 1.165) is 57.3 Å². The van der Waals surface area contributed by atoms with Gasteiger partial charge < -0.3 is 23.7 Å². The Balaban J connectivity index is 1.68. The highest BCUT2D eigenvalue weighted by atomic mass is 16.7. The maximum Gasteiger partial charge on any atom is 0.306 e. The molecule has 1 aromatic rings. The predicted molar refractivity (Wildman–Crippen MR) is 99.8 cm³/mol. The fraction of sp³-hybridized carbons (Fsp3) is 0.667. The third kappa shape index (κ3) is 6.40. The zero-order valence-electron chi connectivity index (χ0n) is 16.1.